The van der Waals surface area contributed by atoms with Gasteiger partial charge in [-0.1, -0.05) is 0 Å². The summed E-state index contributed by atoms with van der Waals surface area (Å²) in [6.07, 6.45) is 0.902. The quantitative estimate of drug-likeness (QED) is 0.337. The average Bonchev–Trinajstić information content (AvgIpc) is 2.57. The van der Waals surface area contributed by atoms with Gasteiger partial charge in [0.15, 0.2) is 0 Å². The average molecular weight is 127 g/mol. The Balaban J connectivity index is 2.22. The van der Waals surface area contributed by atoms with Gasteiger partial charge in [-0.3, -0.25) is 0 Å². The summed E-state index contributed by atoms with van der Waals surface area (Å²) < 4.78 is 0.709. The Morgan fingerprint density at radius 1 is 1.44 bits per heavy atom. The second-order valence-corrected chi connectivity index (χ2v) is 3.05. The van der Waals surface area contributed by atoms with Crippen molar-refractivity contribution in [1.29, 1.82) is 0 Å². The van der Waals surface area contributed by atoms with Crippen LogP contribution in [0.2, 0.25) is 0 Å². The van der Waals surface area contributed by atoms with Crippen molar-refractivity contribution in [3.05, 3.63) is 0 Å². The fraction of sp³-hybridized carbons (Fsp3) is 0.833. The van der Waals surface area contributed by atoms with Crippen LogP contribution in [-0.4, -0.2) is 36.1 Å². The molecule has 1 amide bonds. The molecule has 2 aliphatic rings. The molecule has 3 heteroatoms. The van der Waals surface area contributed by atoms with E-state index in [1.165, 1.54) is 0 Å². The van der Waals surface area contributed by atoms with Crippen molar-refractivity contribution in [2.45, 2.75) is 12.5 Å². The highest BCUT2D eigenvalue weighted by Gasteiger charge is 2.56. The van der Waals surface area contributed by atoms with Crippen molar-refractivity contribution in [3.8, 4) is 0 Å². The van der Waals surface area contributed by atoms with E-state index >= 15 is 0 Å². The van der Waals surface area contributed by atoms with Crippen molar-refractivity contribution in [1.82, 2.24) is 0 Å². The highest BCUT2D eigenvalue weighted by atomic mass is 16.2. The Morgan fingerprint density at radius 2 is 2.11 bits per heavy atom. The Labute approximate surface area is 54.0 Å². The van der Waals surface area contributed by atoms with E-state index in [-0.39, 0.29) is 11.9 Å². The number of carbonyl (C=O) groups is 1. The van der Waals surface area contributed by atoms with Gasteiger partial charge in [-0.2, -0.15) is 0 Å². The topological polar surface area (TPSA) is 43.1 Å². The van der Waals surface area contributed by atoms with Crippen LogP contribution in [0.5, 0.6) is 0 Å². The first-order chi connectivity index (χ1) is 4.25. The van der Waals surface area contributed by atoms with Crippen LogP contribution < -0.4 is 5.73 Å². The predicted molar refractivity (Wildman–Crippen MR) is 32.5 cm³/mol. The SMILES string of the molecule is NC1CC[N+]2(CC2)C1=O. The minimum Gasteiger partial charge on any atom is -0.316 e. The van der Waals surface area contributed by atoms with Gasteiger partial charge in [-0.25, -0.2) is 9.28 Å². The molecule has 0 aromatic carbocycles. The number of amides is 1. The van der Waals surface area contributed by atoms with Crippen molar-refractivity contribution >= 4 is 5.91 Å². The standard InChI is InChI=1S/C6H11N2O/c7-5-1-2-8(3-4-8)6(5)9/h5H,1-4,7H2/q+1. The molecular weight excluding hydrogens is 116 g/mol. The Morgan fingerprint density at radius 3 is 2.33 bits per heavy atom. The lowest BCUT2D eigenvalue weighted by atomic mass is 10.3. The molecule has 3 nitrogen and oxygen atoms in total. The molecule has 0 saturated carbocycles. The van der Waals surface area contributed by atoms with E-state index in [0.717, 1.165) is 26.1 Å². The highest BCUT2D eigenvalue weighted by molar-refractivity contribution is 5.77. The summed E-state index contributed by atoms with van der Waals surface area (Å²) in [5.41, 5.74) is 5.53. The lowest BCUT2D eigenvalue weighted by Crippen LogP contribution is -2.35. The lowest BCUT2D eigenvalue weighted by molar-refractivity contribution is -0.708. The first-order valence-electron chi connectivity index (χ1n) is 3.41. The van der Waals surface area contributed by atoms with E-state index in [9.17, 15) is 4.79 Å². The Bertz CT molecular complexity index is 162. The van der Waals surface area contributed by atoms with Crippen molar-refractivity contribution < 1.29 is 9.28 Å². The van der Waals surface area contributed by atoms with Crippen LogP contribution in [0.25, 0.3) is 0 Å². The van der Waals surface area contributed by atoms with Gasteiger partial charge in [0.1, 0.15) is 19.1 Å². The molecule has 1 atom stereocenters. The number of hydrogen-bond acceptors (Lipinski definition) is 2. The zero-order valence-electron chi connectivity index (χ0n) is 5.34. The van der Waals surface area contributed by atoms with E-state index in [0.29, 0.717) is 4.48 Å². The molecule has 1 spiro atoms. The molecular formula is C6H11N2O+. The number of hydrogen-bond donors (Lipinski definition) is 1. The van der Waals surface area contributed by atoms with E-state index < -0.39 is 0 Å². The second kappa shape index (κ2) is 1.36. The largest absolute Gasteiger partial charge is 0.331 e. The Hall–Kier alpha value is -0.410. The van der Waals surface area contributed by atoms with Gasteiger partial charge < -0.3 is 5.73 Å². The summed E-state index contributed by atoms with van der Waals surface area (Å²) in [4.78, 5) is 11.1. The van der Waals surface area contributed by atoms with E-state index in [2.05, 4.69) is 0 Å². The number of quaternary nitrogens is 1. The van der Waals surface area contributed by atoms with E-state index in [4.69, 9.17) is 5.73 Å². The fourth-order valence-corrected chi connectivity index (χ4v) is 1.54. The summed E-state index contributed by atoms with van der Waals surface area (Å²) in [6.45, 7) is 3.10. The summed E-state index contributed by atoms with van der Waals surface area (Å²) in [5.74, 6) is 0.273. The zero-order chi connectivity index (χ0) is 6.48. The zero-order valence-corrected chi connectivity index (χ0v) is 5.34. The molecule has 50 valence electrons. The summed E-state index contributed by atoms with van der Waals surface area (Å²) in [5, 5.41) is 0. The first-order valence-corrected chi connectivity index (χ1v) is 3.41. The van der Waals surface area contributed by atoms with Crippen LogP contribution in [0.4, 0.5) is 0 Å². The molecule has 2 N–H and O–H groups in total. The first kappa shape index (κ1) is 5.38. The molecule has 0 aromatic heterocycles. The predicted octanol–water partition coefficient (Wildman–Crippen LogP) is -0.926. The number of rotatable bonds is 0. The van der Waals surface area contributed by atoms with Crippen molar-refractivity contribution in [2.75, 3.05) is 19.6 Å². The van der Waals surface area contributed by atoms with E-state index in [1.807, 2.05) is 0 Å². The summed E-state index contributed by atoms with van der Waals surface area (Å²) in [7, 11) is 0. The van der Waals surface area contributed by atoms with Gasteiger partial charge in [0.2, 0.25) is 0 Å². The van der Waals surface area contributed by atoms with E-state index in [1.54, 1.807) is 0 Å². The maximum atomic E-state index is 11.1. The summed E-state index contributed by atoms with van der Waals surface area (Å²) in [6, 6.07) is -0.146. The fourth-order valence-electron chi connectivity index (χ4n) is 1.54. The van der Waals surface area contributed by atoms with Gasteiger partial charge >= 0.3 is 5.91 Å². The van der Waals surface area contributed by atoms with Crippen LogP contribution in [0.3, 0.4) is 0 Å². The van der Waals surface area contributed by atoms with Crippen LogP contribution >= 0.6 is 0 Å². The smallest absolute Gasteiger partial charge is 0.316 e. The second-order valence-electron chi connectivity index (χ2n) is 3.05. The number of carbonyl (C=O) groups excluding carboxylic acids is 1. The molecule has 0 aliphatic carbocycles. The molecule has 0 bridgehead atoms. The molecule has 2 saturated heterocycles. The number of nitrogens with two attached hydrogens (primary N) is 1. The lowest BCUT2D eigenvalue weighted by Gasteiger charge is -2.04. The Kier molecular flexibility index (Phi) is 0.811. The number of nitrogens with zero attached hydrogens (tertiary/aromatic N) is 1. The summed E-state index contributed by atoms with van der Waals surface area (Å²) >= 11 is 0. The molecule has 1 unspecified atom stereocenters. The molecule has 2 rings (SSSR count). The molecule has 0 aromatic rings. The van der Waals surface area contributed by atoms with Crippen LogP contribution in [0.15, 0.2) is 0 Å². The van der Waals surface area contributed by atoms with Crippen molar-refractivity contribution in [3.63, 3.8) is 0 Å². The minimum atomic E-state index is -0.146. The third-order valence-electron chi connectivity index (χ3n) is 2.42. The van der Waals surface area contributed by atoms with Gasteiger partial charge in [0, 0.05) is 6.42 Å². The third-order valence-corrected chi connectivity index (χ3v) is 2.42. The van der Waals surface area contributed by atoms with Gasteiger partial charge in [0.05, 0.1) is 6.54 Å². The maximum Gasteiger partial charge on any atom is 0.331 e. The molecule has 2 fully saturated rings. The molecule has 2 aliphatic heterocycles. The van der Waals surface area contributed by atoms with Crippen LogP contribution in [-0.2, 0) is 4.79 Å². The third kappa shape index (κ3) is 0.559. The normalized spacial score (nSPS) is 37.9. The minimum absolute atomic E-state index is 0.146. The van der Waals surface area contributed by atoms with Crippen molar-refractivity contribution in [2.24, 2.45) is 5.73 Å². The highest BCUT2D eigenvalue weighted by Crippen LogP contribution is 2.29. The van der Waals surface area contributed by atoms with Gasteiger partial charge in [-0.15, -0.1) is 0 Å². The van der Waals surface area contributed by atoms with Gasteiger partial charge in [-0.05, 0) is 0 Å². The van der Waals surface area contributed by atoms with Crippen LogP contribution in [0.1, 0.15) is 6.42 Å². The molecule has 9 heavy (non-hydrogen) atoms. The van der Waals surface area contributed by atoms with Crippen LogP contribution in [0, 0.1) is 0 Å². The monoisotopic (exact) mass is 127 g/mol. The molecule has 0 radical (unpaired) electrons. The maximum absolute atomic E-state index is 11.1. The molecule has 2 heterocycles. The van der Waals surface area contributed by atoms with Gasteiger partial charge in [0.25, 0.3) is 0 Å².